The van der Waals surface area contributed by atoms with Gasteiger partial charge in [-0.25, -0.2) is 4.98 Å². The monoisotopic (exact) mass is 474 g/mol. The summed E-state index contributed by atoms with van der Waals surface area (Å²) in [4.78, 5) is 11.5. The van der Waals surface area contributed by atoms with Gasteiger partial charge in [-0.15, -0.1) is 0 Å². The molecule has 186 valence electrons. The lowest BCUT2D eigenvalue weighted by molar-refractivity contribution is -0.127. The summed E-state index contributed by atoms with van der Waals surface area (Å²) in [5.74, 6) is 0.446. The van der Waals surface area contributed by atoms with Crippen LogP contribution in [0.15, 0.2) is 55.2 Å². The third kappa shape index (κ3) is 4.32. The van der Waals surface area contributed by atoms with Gasteiger partial charge in [0.05, 0.1) is 30.5 Å². The van der Waals surface area contributed by atoms with Crippen molar-refractivity contribution < 1.29 is 9.84 Å². The topological polar surface area (TPSA) is 63.4 Å². The number of aromatic nitrogens is 3. The van der Waals surface area contributed by atoms with Gasteiger partial charge in [-0.05, 0) is 54.8 Å². The Morgan fingerprint density at radius 2 is 1.83 bits per heavy atom. The van der Waals surface area contributed by atoms with E-state index in [0.29, 0.717) is 5.92 Å². The second-order valence-corrected chi connectivity index (χ2v) is 11.5. The highest BCUT2D eigenvalue weighted by atomic mass is 16.5. The van der Waals surface area contributed by atoms with Crippen LogP contribution < -0.4 is 0 Å². The van der Waals surface area contributed by atoms with Crippen LogP contribution in [-0.4, -0.2) is 58.4 Å². The lowest BCUT2D eigenvalue weighted by Gasteiger charge is -2.55. The van der Waals surface area contributed by atoms with E-state index < -0.39 is 5.60 Å². The van der Waals surface area contributed by atoms with Crippen LogP contribution in [0.5, 0.6) is 0 Å². The standard InChI is InChI=1S/C29H38N4O2/c1-21(2)22-6-8-23(9-7-22)29(34,27(3)17-32(4)18-27)24-12-26(15-30-14-24)33-16-25(31-20-33)13-28(10-11-28)19-35-5/h6-9,12,14-16,20-21,34H,10-11,13,17-19H2,1-5H3/t29-/m0/s1. The lowest BCUT2D eigenvalue weighted by Crippen LogP contribution is -2.63. The van der Waals surface area contributed by atoms with Crippen LogP contribution in [-0.2, 0) is 16.8 Å². The lowest BCUT2D eigenvalue weighted by atomic mass is 9.62. The summed E-state index contributed by atoms with van der Waals surface area (Å²) in [7, 11) is 3.87. The molecular weight excluding hydrogens is 436 g/mol. The minimum Gasteiger partial charge on any atom is -0.384 e. The smallest absolute Gasteiger partial charge is 0.124 e. The fraction of sp³-hybridized carbons (Fsp3) is 0.517. The number of hydrogen-bond acceptors (Lipinski definition) is 5. The van der Waals surface area contributed by atoms with E-state index in [4.69, 9.17) is 4.74 Å². The molecule has 6 nitrogen and oxygen atoms in total. The molecule has 2 aliphatic rings. The van der Waals surface area contributed by atoms with Crippen LogP contribution in [0.3, 0.4) is 0 Å². The molecule has 1 aromatic carbocycles. The largest absolute Gasteiger partial charge is 0.384 e. The zero-order valence-electron chi connectivity index (χ0n) is 21.7. The predicted molar refractivity (Wildman–Crippen MR) is 138 cm³/mol. The number of nitrogens with zero attached hydrogens (tertiary/aromatic N) is 4. The molecule has 0 amide bonds. The number of aliphatic hydroxyl groups is 1. The first-order valence-electron chi connectivity index (χ1n) is 12.7. The fourth-order valence-corrected chi connectivity index (χ4v) is 5.95. The molecule has 0 bridgehead atoms. The van der Waals surface area contributed by atoms with Crippen LogP contribution in [0.25, 0.3) is 5.69 Å². The first-order chi connectivity index (χ1) is 16.7. The van der Waals surface area contributed by atoms with Crippen molar-refractivity contribution in [3.63, 3.8) is 0 Å². The second kappa shape index (κ2) is 8.84. The minimum absolute atomic E-state index is 0.251. The maximum atomic E-state index is 12.5. The SMILES string of the molecule is COCC1(Cc2cn(-c3cncc([C@@](O)(c4ccc(C(C)C)cc4)C4(C)CN(C)C4)c3)cn2)CC1. The summed E-state index contributed by atoms with van der Waals surface area (Å²) in [5.41, 5.74) is 3.75. The molecule has 0 spiro atoms. The van der Waals surface area contributed by atoms with E-state index in [1.54, 1.807) is 7.11 Å². The predicted octanol–water partition coefficient (Wildman–Crippen LogP) is 4.55. The molecule has 0 radical (unpaired) electrons. The zero-order valence-corrected chi connectivity index (χ0v) is 21.7. The van der Waals surface area contributed by atoms with Gasteiger partial charge in [-0.2, -0.15) is 0 Å². The molecule has 3 aromatic rings. The van der Waals surface area contributed by atoms with Crippen molar-refractivity contribution in [2.45, 2.75) is 51.6 Å². The normalized spacial score (nSPS) is 20.4. The molecule has 2 fully saturated rings. The molecule has 1 saturated carbocycles. The van der Waals surface area contributed by atoms with Gasteiger partial charge < -0.3 is 19.3 Å². The van der Waals surface area contributed by atoms with E-state index in [0.717, 1.165) is 48.6 Å². The Kier molecular flexibility index (Phi) is 6.10. The highest BCUT2D eigenvalue weighted by molar-refractivity contribution is 5.44. The summed E-state index contributed by atoms with van der Waals surface area (Å²) in [5, 5.41) is 12.5. The van der Waals surface area contributed by atoms with E-state index in [1.807, 2.05) is 23.3 Å². The molecule has 1 aliphatic carbocycles. The van der Waals surface area contributed by atoms with Crippen LogP contribution in [0.2, 0.25) is 0 Å². The maximum absolute atomic E-state index is 12.5. The quantitative estimate of drug-likeness (QED) is 0.493. The Bertz CT molecular complexity index is 1180. The van der Waals surface area contributed by atoms with Gasteiger partial charge in [-0.3, -0.25) is 4.98 Å². The Labute approximate surface area is 209 Å². The van der Waals surface area contributed by atoms with Crippen molar-refractivity contribution in [1.29, 1.82) is 0 Å². The van der Waals surface area contributed by atoms with Crippen molar-refractivity contribution in [2.24, 2.45) is 10.8 Å². The second-order valence-electron chi connectivity index (χ2n) is 11.5. The molecular formula is C29H38N4O2. The molecule has 6 heteroatoms. The number of hydrogen-bond donors (Lipinski definition) is 1. The average molecular weight is 475 g/mol. The molecule has 2 aromatic heterocycles. The van der Waals surface area contributed by atoms with Crippen molar-refractivity contribution in [3.8, 4) is 5.69 Å². The van der Waals surface area contributed by atoms with Crippen LogP contribution in [0.4, 0.5) is 0 Å². The number of likely N-dealkylation sites (tertiary alicyclic amines) is 1. The summed E-state index contributed by atoms with van der Waals surface area (Å²) < 4.78 is 7.45. The molecule has 35 heavy (non-hydrogen) atoms. The third-order valence-corrected chi connectivity index (χ3v) is 8.15. The van der Waals surface area contributed by atoms with Crippen LogP contribution in [0.1, 0.15) is 61.9 Å². The van der Waals surface area contributed by atoms with E-state index in [1.165, 1.54) is 18.4 Å². The van der Waals surface area contributed by atoms with Gasteiger partial charge in [0.1, 0.15) is 5.60 Å². The van der Waals surface area contributed by atoms with Gasteiger partial charge in [0.2, 0.25) is 0 Å². The van der Waals surface area contributed by atoms with Crippen molar-refractivity contribution >= 4 is 0 Å². The summed E-state index contributed by atoms with van der Waals surface area (Å²) in [6.45, 7) is 8.97. The molecule has 1 atom stereocenters. The molecule has 5 rings (SSSR count). The number of pyridine rings is 1. The molecule has 3 heterocycles. The van der Waals surface area contributed by atoms with Crippen molar-refractivity contribution in [3.05, 3.63) is 77.6 Å². The zero-order chi connectivity index (χ0) is 24.8. The van der Waals surface area contributed by atoms with Gasteiger partial charge in [-0.1, -0.05) is 45.0 Å². The highest BCUT2D eigenvalue weighted by Gasteiger charge is 2.55. The first-order valence-corrected chi connectivity index (χ1v) is 12.7. The van der Waals surface area contributed by atoms with Crippen molar-refractivity contribution in [2.75, 3.05) is 33.9 Å². The number of methoxy groups -OCH3 is 1. The van der Waals surface area contributed by atoms with Crippen molar-refractivity contribution in [1.82, 2.24) is 19.4 Å². The molecule has 1 saturated heterocycles. The summed E-state index contributed by atoms with van der Waals surface area (Å²) in [6, 6.07) is 10.5. The van der Waals surface area contributed by atoms with Crippen LogP contribution >= 0.6 is 0 Å². The number of rotatable bonds is 9. The number of ether oxygens (including phenoxy) is 1. The van der Waals surface area contributed by atoms with Gasteiger partial charge in [0.15, 0.2) is 0 Å². The number of imidazole rings is 1. The molecule has 0 unspecified atom stereocenters. The Balaban J connectivity index is 1.49. The van der Waals surface area contributed by atoms with Gasteiger partial charge in [0, 0.05) is 43.6 Å². The first kappa shape index (κ1) is 24.2. The third-order valence-electron chi connectivity index (χ3n) is 8.15. The Morgan fingerprint density at radius 1 is 1.11 bits per heavy atom. The summed E-state index contributed by atoms with van der Waals surface area (Å²) >= 11 is 0. The fourth-order valence-electron chi connectivity index (χ4n) is 5.95. The van der Waals surface area contributed by atoms with E-state index in [9.17, 15) is 5.11 Å². The minimum atomic E-state index is -1.15. The van der Waals surface area contributed by atoms with E-state index in [-0.39, 0.29) is 10.8 Å². The number of benzene rings is 1. The van der Waals surface area contributed by atoms with Gasteiger partial charge >= 0.3 is 0 Å². The average Bonchev–Trinajstić information content (AvgIpc) is 3.42. The Morgan fingerprint density at radius 3 is 2.43 bits per heavy atom. The van der Waals surface area contributed by atoms with E-state index >= 15 is 0 Å². The van der Waals surface area contributed by atoms with Gasteiger partial charge in [0.25, 0.3) is 0 Å². The maximum Gasteiger partial charge on any atom is 0.124 e. The van der Waals surface area contributed by atoms with Crippen LogP contribution in [0, 0.1) is 10.8 Å². The van der Waals surface area contributed by atoms with E-state index in [2.05, 4.69) is 79.2 Å². The molecule has 1 N–H and O–H groups in total. The molecule has 1 aliphatic heterocycles. The summed E-state index contributed by atoms with van der Waals surface area (Å²) in [6.07, 6.45) is 10.9. The Hall–Kier alpha value is -2.54. The highest BCUT2D eigenvalue weighted by Crippen LogP contribution is 2.50.